The van der Waals surface area contributed by atoms with Crippen LogP contribution in [0.5, 0.6) is 11.5 Å². The largest absolute Gasteiger partial charge is 0.489 e. The highest BCUT2D eigenvalue weighted by molar-refractivity contribution is 7.93. The van der Waals surface area contributed by atoms with Crippen LogP contribution in [-0.4, -0.2) is 39.8 Å². The predicted molar refractivity (Wildman–Crippen MR) is 112 cm³/mol. The number of nitrogens with zero attached hydrogens (tertiary/aromatic N) is 1. The Morgan fingerprint density at radius 3 is 2.59 bits per heavy atom. The van der Waals surface area contributed by atoms with E-state index >= 15 is 0 Å². The molecule has 1 fully saturated rings. The lowest BCUT2D eigenvalue weighted by atomic mass is 10.1. The van der Waals surface area contributed by atoms with Crippen LogP contribution >= 0.6 is 11.6 Å². The van der Waals surface area contributed by atoms with E-state index in [0.29, 0.717) is 54.1 Å². The molecule has 4 rings (SSSR count). The first-order valence-corrected chi connectivity index (χ1v) is 11.4. The summed E-state index contributed by atoms with van der Waals surface area (Å²) < 4.78 is 36.7. The number of carbonyl (C=O) groups is 1. The second kappa shape index (κ2) is 8.12. The molecule has 2 heterocycles. The Morgan fingerprint density at radius 2 is 1.86 bits per heavy atom. The molecule has 0 bridgehead atoms. The average molecular weight is 437 g/mol. The van der Waals surface area contributed by atoms with E-state index < -0.39 is 10.0 Å². The maximum Gasteiger partial charge on any atom is 0.235 e. The molecule has 154 valence electrons. The standard InChI is InChI=1S/C20H21ClN2O5S/c21-17-11-14(12-18-20(17)28-9-2-8-27-18)13-19(24)22-15-3-5-16(6-4-15)23-7-1-10-29(23,25)26/h3-6,11-12H,1-2,7-10,13H2,(H,22,24). The molecule has 7 nitrogen and oxygen atoms in total. The predicted octanol–water partition coefficient (Wildman–Crippen LogP) is 3.22. The molecule has 0 unspecified atom stereocenters. The zero-order valence-electron chi connectivity index (χ0n) is 15.7. The summed E-state index contributed by atoms with van der Waals surface area (Å²) in [7, 11) is -3.22. The van der Waals surface area contributed by atoms with Crippen molar-refractivity contribution in [1.29, 1.82) is 0 Å². The van der Waals surface area contributed by atoms with Crippen LogP contribution in [0.4, 0.5) is 11.4 Å². The van der Waals surface area contributed by atoms with Crippen molar-refractivity contribution >= 4 is 38.9 Å². The highest BCUT2D eigenvalue weighted by Gasteiger charge is 2.28. The van der Waals surface area contributed by atoms with Gasteiger partial charge in [-0.05, 0) is 48.4 Å². The Morgan fingerprint density at radius 1 is 1.10 bits per heavy atom. The number of hydrogen-bond donors (Lipinski definition) is 1. The van der Waals surface area contributed by atoms with Gasteiger partial charge in [0, 0.05) is 18.7 Å². The highest BCUT2D eigenvalue weighted by atomic mass is 35.5. The van der Waals surface area contributed by atoms with Crippen LogP contribution in [0, 0.1) is 0 Å². The summed E-state index contributed by atoms with van der Waals surface area (Å²) in [6.07, 6.45) is 1.52. The van der Waals surface area contributed by atoms with Crippen LogP contribution in [0.1, 0.15) is 18.4 Å². The number of amides is 1. The van der Waals surface area contributed by atoms with Crippen molar-refractivity contribution in [3.05, 3.63) is 47.0 Å². The van der Waals surface area contributed by atoms with Gasteiger partial charge in [-0.2, -0.15) is 0 Å². The molecule has 2 aliphatic heterocycles. The summed E-state index contributed by atoms with van der Waals surface area (Å²) in [6, 6.07) is 10.3. The second-order valence-corrected chi connectivity index (χ2v) is 9.39. The third-order valence-electron chi connectivity index (χ3n) is 4.76. The third kappa shape index (κ3) is 4.43. The summed E-state index contributed by atoms with van der Waals surface area (Å²) in [5.41, 5.74) is 1.92. The number of anilines is 2. The monoisotopic (exact) mass is 436 g/mol. The molecular formula is C20H21ClN2O5S. The molecule has 1 amide bonds. The summed E-state index contributed by atoms with van der Waals surface area (Å²) in [5, 5.41) is 3.24. The number of ether oxygens (including phenoxy) is 2. The highest BCUT2D eigenvalue weighted by Crippen LogP contribution is 2.38. The van der Waals surface area contributed by atoms with E-state index in [1.807, 2.05) is 0 Å². The SMILES string of the molecule is O=C(Cc1cc(Cl)c2c(c1)OCCCO2)Nc1ccc(N2CCCS2(=O)=O)cc1. The number of halogens is 1. The van der Waals surface area contributed by atoms with Gasteiger partial charge in [0.25, 0.3) is 0 Å². The quantitative estimate of drug-likeness (QED) is 0.795. The summed E-state index contributed by atoms with van der Waals surface area (Å²) in [4.78, 5) is 12.4. The maximum absolute atomic E-state index is 12.4. The molecule has 0 aliphatic carbocycles. The minimum Gasteiger partial charge on any atom is -0.489 e. The topological polar surface area (TPSA) is 84.9 Å². The lowest BCUT2D eigenvalue weighted by molar-refractivity contribution is -0.115. The van der Waals surface area contributed by atoms with Crippen LogP contribution in [0.15, 0.2) is 36.4 Å². The van der Waals surface area contributed by atoms with Crippen LogP contribution in [0.25, 0.3) is 0 Å². The number of nitrogens with one attached hydrogen (secondary N) is 1. The van der Waals surface area contributed by atoms with Crippen LogP contribution in [-0.2, 0) is 21.2 Å². The van der Waals surface area contributed by atoms with Gasteiger partial charge in [0.1, 0.15) is 0 Å². The molecule has 2 aromatic carbocycles. The molecule has 0 radical (unpaired) electrons. The third-order valence-corrected chi connectivity index (χ3v) is 6.92. The van der Waals surface area contributed by atoms with E-state index in [1.54, 1.807) is 36.4 Å². The maximum atomic E-state index is 12.4. The van der Waals surface area contributed by atoms with Gasteiger partial charge in [-0.15, -0.1) is 0 Å². The van der Waals surface area contributed by atoms with Crippen LogP contribution in [0.3, 0.4) is 0 Å². The number of carbonyl (C=O) groups excluding carboxylic acids is 1. The van der Waals surface area contributed by atoms with Crippen molar-refractivity contribution in [3.63, 3.8) is 0 Å². The van der Waals surface area contributed by atoms with Crippen LogP contribution in [0.2, 0.25) is 5.02 Å². The zero-order chi connectivity index (χ0) is 20.4. The van der Waals surface area contributed by atoms with E-state index in [2.05, 4.69) is 5.32 Å². The number of fused-ring (bicyclic) bond motifs is 1. The first kappa shape index (κ1) is 19.8. The fraction of sp³-hybridized carbons (Fsp3) is 0.350. The summed E-state index contributed by atoms with van der Waals surface area (Å²) in [5.74, 6) is 1.02. The Kier molecular flexibility index (Phi) is 5.56. The van der Waals surface area contributed by atoms with E-state index in [0.717, 1.165) is 12.0 Å². The molecule has 1 N–H and O–H groups in total. The van der Waals surface area contributed by atoms with Crippen LogP contribution < -0.4 is 19.1 Å². The van der Waals surface area contributed by atoms with Gasteiger partial charge in [-0.3, -0.25) is 9.10 Å². The Hall–Kier alpha value is -2.45. The zero-order valence-corrected chi connectivity index (χ0v) is 17.3. The smallest absolute Gasteiger partial charge is 0.235 e. The first-order valence-electron chi connectivity index (χ1n) is 9.41. The molecule has 0 atom stereocenters. The molecule has 1 saturated heterocycles. The minimum atomic E-state index is -3.22. The van der Waals surface area contributed by atoms with Crippen molar-refractivity contribution in [1.82, 2.24) is 0 Å². The molecule has 2 aromatic rings. The molecule has 0 aromatic heterocycles. The van der Waals surface area contributed by atoms with Gasteiger partial charge in [-0.1, -0.05) is 11.6 Å². The number of sulfonamides is 1. The molecule has 2 aliphatic rings. The Labute approximate surface area is 174 Å². The number of hydrogen-bond acceptors (Lipinski definition) is 5. The van der Waals surface area contributed by atoms with E-state index in [9.17, 15) is 13.2 Å². The fourth-order valence-electron chi connectivity index (χ4n) is 3.42. The molecule has 0 saturated carbocycles. The van der Waals surface area contributed by atoms with Gasteiger partial charge in [0.15, 0.2) is 11.5 Å². The van der Waals surface area contributed by atoms with Gasteiger partial charge in [0.2, 0.25) is 15.9 Å². The number of rotatable bonds is 4. The Bertz CT molecular complexity index is 1020. The molecule has 0 spiro atoms. The molecule has 9 heteroatoms. The Balaban J connectivity index is 1.42. The number of benzene rings is 2. The minimum absolute atomic E-state index is 0.124. The average Bonchev–Trinajstić information content (AvgIpc) is 2.87. The van der Waals surface area contributed by atoms with Crippen molar-refractivity contribution in [2.45, 2.75) is 19.3 Å². The fourth-order valence-corrected chi connectivity index (χ4v) is 5.27. The first-order chi connectivity index (χ1) is 13.9. The lowest BCUT2D eigenvalue weighted by Crippen LogP contribution is -2.25. The summed E-state index contributed by atoms with van der Waals surface area (Å²) in [6.45, 7) is 1.57. The van der Waals surface area contributed by atoms with E-state index in [-0.39, 0.29) is 18.1 Å². The normalized spacial score (nSPS) is 17.6. The molecule has 29 heavy (non-hydrogen) atoms. The van der Waals surface area contributed by atoms with Crippen molar-refractivity contribution in [2.75, 3.05) is 35.1 Å². The summed E-state index contributed by atoms with van der Waals surface area (Å²) >= 11 is 6.28. The van der Waals surface area contributed by atoms with Crippen molar-refractivity contribution in [2.24, 2.45) is 0 Å². The van der Waals surface area contributed by atoms with E-state index in [1.165, 1.54) is 4.31 Å². The van der Waals surface area contributed by atoms with Gasteiger partial charge >= 0.3 is 0 Å². The van der Waals surface area contributed by atoms with Gasteiger partial charge in [0.05, 0.1) is 36.1 Å². The van der Waals surface area contributed by atoms with E-state index in [4.69, 9.17) is 21.1 Å². The van der Waals surface area contributed by atoms with Crippen molar-refractivity contribution in [3.8, 4) is 11.5 Å². The lowest BCUT2D eigenvalue weighted by Gasteiger charge is -2.17. The molecular weight excluding hydrogens is 416 g/mol. The van der Waals surface area contributed by atoms with Crippen molar-refractivity contribution < 1.29 is 22.7 Å². The van der Waals surface area contributed by atoms with Gasteiger partial charge < -0.3 is 14.8 Å². The van der Waals surface area contributed by atoms with Gasteiger partial charge in [-0.25, -0.2) is 8.42 Å². The second-order valence-electron chi connectivity index (χ2n) is 6.97.